The van der Waals surface area contributed by atoms with E-state index >= 15 is 0 Å². The number of Topliss-reactive ketones (excluding diaryl/α,β-unsaturated/α-hetero) is 1. The molecule has 1 aliphatic rings. The summed E-state index contributed by atoms with van der Waals surface area (Å²) in [7, 11) is 1.00. The van der Waals surface area contributed by atoms with Gasteiger partial charge in [-0.3, -0.25) is 9.59 Å². The van der Waals surface area contributed by atoms with E-state index in [1.54, 1.807) is 6.92 Å². The summed E-state index contributed by atoms with van der Waals surface area (Å²) in [5.74, 6) is -0.0301. The Balaban J connectivity index is -0.000000174. The molecule has 0 bridgehead atoms. The Morgan fingerprint density at radius 3 is 1.94 bits per heavy atom. The highest BCUT2D eigenvalue weighted by molar-refractivity contribution is 5.75. The van der Waals surface area contributed by atoms with E-state index in [0.29, 0.717) is 6.42 Å². The zero-order valence-corrected chi connectivity index (χ0v) is 9.69. The minimum atomic E-state index is -0.475. The lowest BCUT2D eigenvalue weighted by molar-refractivity contribution is -0.167. The minimum Gasteiger partial charge on any atom is -0.462 e. The van der Waals surface area contributed by atoms with Gasteiger partial charge in [0, 0.05) is 13.5 Å². The second kappa shape index (κ2) is 12.1. The fourth-order valence-corrected chi connectivity index (χ4v) is 0.865. The summed E-state index contributed by atoms with van der Waals surface area (Å²) >= 11 is 0. The second-order valence-electron chi connectivity index (χ2n) is 3.26. The van der Waals surface area contributed by atoms with Gasteiger partial charge in [-0.1, -0.05) is 7.43 Å². The number of carbonyl (C=O) groups is 2. The largest absolute Gasteiger partial charge is 0.462 e. The van der Waals surface area contributed by atoms with E-state index < -0.39 is 6.10 Å². The highest BCUT2D eigenvalue weighted by Crippen LogP contribution is 2.10. The molecule has 1 aliphatic heterocycles. The number of esters is 1. The zero-order chi connectivity index (χ0) is 12.4. The fourth-order valence-electron chi connectivity index (χ4n) is 0.865. The van der Waals surface area contributed by atoms with Crippen molar-refractivity contribution in [1.29, 1.82) is 0 Å². The predicted molar refractivity (Wildman–Crippen MR) is 62.0 cm³/mol. The first-order valence-electron chi connectivity index (χ1n) is 4.73. The summed E-state index contributed by atoms with van der Waals surface area (Å²) in [6, 6.07) is 0. The molecule has 1 heterocycles. The van der Waals surface area contributed by atoms with E-state index in [4.69, 9.17) is 10.2 Å². The summed E-state index contributed by atoms with van der Waals surface area (Å²) in [5.41, 5.74) is 0. The van der Waals surface area contributed by atoms with Gasteiger partial charge in [0.1, 0.15) is 11.9 Å². The van der Waals surface area contributed by atoms with Gasteiger partial charge in [0.25, 0.3) is 0 Å². The number of aliphatic hydroxyl groups is 2. The standard InChI is InChI=1S/C5H10O2.C4H6O2.CH4O.CH4/c1-4(6)3-5(2)7;1-3-2-4(5)6-3;1-2;/h4,6H,3H2,1-2H3;3H,2H2,1H3;2H,1H3;1H4/t4-;3-;;/m11../s1. The first-order valence-corrected chi connectivity index (χ1v) is 4.73. The number of hydrogen-bond acceptors (Lipinski definition) is 5. The normalized spacial score (nSPS) is 18.1. The maximum absolute atomic E-state index is 10.1. The Hall–Kier alpha value is -0.940. The number of cyclic esters (lactones) is 1. The van der Waals surface area contributed by atoms with Gasteiger partial charge in [-0.25, -0.2) is 0 Å². The van der Waals surface area contributed by atoms with Crippen LogP contribution in [0.4, 0.5) is 0 Å². The van der Waals surface area contributed by atoms with Gasteiger partial charge in [-0.2, -0.15) is 0 Å². The molecule has 0 amide bonds. The van der Waals surface area contributed by atoms with Crippen LogP contribution in [-0.2, 0) is 14.3 Å². The molecule has 0 aromatic carbocycles. The Kier molecular flexibility index (Phi) is 15.5. The van der Waals surface area contributed by atoms with Crippen molar-refractivity contribution in [3.63, 3.8) is 0 Å². The third kappa shape index (κ3) is 15.5. The second-order valence-corrected chi connectivity index (χ2v) is 3.26. The molecule has 0 radical (unpaired) electrons. The zero-order valence-electron chi connectivity index (χ0n) is 9.69. The van der Waals surface area contributed by atoms with Gasteiger partial charge < -0.3 is 14.9 Å². The van der Waals surface area contributed by atoms with Gasteiger partial charge in [-0.15, -0.1) is 0 Å². The van der Waals surface area contributed by atoms with Crippen LogP contribution in [0.25, 0.3) is 0 Å². The molecule has 1 fully saturated rings. The van der Waals surface area contributed by atoms with Crippen molar-refractivity contribution in [2.24, 2.45) is 0 Å². The number of aliphatic hydroxyl groups excluding tert-OH is 2. The number of ether oxygens (including phenoxy) is 1. The molecule has 0 saturated carbocycles. The first kappa shape index (κ1) is 20.5. The number of ketones is 1. The molecule has 1 rings (SSSR count). The van der Waals surface area contributed by atoms with E-state index in [-0.39, 0.29) is 31.7 Å². The van der Waals surface area contributed by atoms with Crippen molar-refractivity contribution in [3.8, 4) is 0 Å². The molecule has 5 heteroatoms. The molecular weight excluding hydrogens is 212 g/mol. The van der Waals surface area contributed by atoms with Crippen molar-refractivity contribution >= 4 is 11.8 Å². The lowest BCUT2D eigenvalue weighted by Crippen LogP contribution is -2.29. The van der Waals surface area contributed by atoms with Crippen LogP contribution < -0.4 is 0 Å². The number of hydrogen-bond donors (Lipinski definition) is 2. The molecule has 98 valence electrons. The fraction of sp³-hybridized carbons (Fsp3) is 0.818. The van der Waals surface area contributed by atoms with Crippen LogP contribution in [0.1, 0.15) is 41.0 Å². The SMILES string of the molecule is C.CC(=O)C[C@@H](C)O.CO.C[C@@H]1CC(=O)O1. The first-order chi connectivity index (χ1) is 6.91. The Bertz CT molecular complexity index is 181. The summed E-state index contributed by atoms with van der Waals surface area (Å²) in [6.07, 6.45) is 0.606. The van der Waals surface area contributed by atoms with E-state index in [2.05, 4.69) is 4.74 Å². The lowest BCUT2D eigenvalue weighted by atomic mass is 10.2. The average molecular weight is 236 g/mol. The number of rotatable bonds is 2. The minimum absolute atomic E-state index is 0. The van der Waals surface area contributed by atoms with Gasteiger partial charge in [0.05, 0.1) is 12.5 Å². The topological polar surface area (TPSA) is 83.8 Å². The maximum atomic E-state index is 10.1. The van der Waals surface area contributed by atoms with Crippen LogP contribution in [0, 0.1) is 0 Å². The van der Waals surface area contributed by atoms with Crippen molar-refractivity contribution in [3.05, 3.63) is 0 Å². The quantitative estimate of drug-likeness (QED) is 0.696. The third-order valence-corrected chi connectivity index (χ3v) is 1.37. The van der Waals surface area contributed by atoms with E-state index in [1.165, 1.54) is 6.92 Å². The molecule has 1 saturated heterocycles. The van der Waals surface area contributed by atoms with Crippen LogP contribution in [0.2, 0.25) is 0 Å². The van der Waals surface area contributed by atoms with E-state index in [9.17, 15) is 9.59 Å². The monoisotopic (exact) mass is 236 g/mol. The van der Waals surface area contributed by atoms with Gasteiger partial charge in [0.2, 0.25) is 0 Å². The Morgan fingerprint density at radius 1 is 1.56 bits per heavy atom. The van der Waals surface area contributed by atoms with Gasteiger partial charge in [-0.05, 0) is 20.8 Å². The van der Waals surface area contributed by atoms with Gasteiger partial charge >= 0.3 is 5.97 Å². The summed E-state index contributed by atoms with van der Waals surface area (Å²) in [5, 5.41) is 15.5. The predicted octanol–water partition coefficient (Wildman–Crippen LogP) is 0.913. The molecule has 0 spiro atoms. The van der Waals surface area contributed by atoms with Crippen LogP contribution >= 0.6 is 0 Å². The molecular formula is C11H24O5. The van der Waals surface area contributed by atoms with Crippen LogP contribution in [0.3, 0.4) is 0 Å². The van der Waals surface area contributed by atoms with Crippen molar-refractivity contribution in [2.75, 3.05) is 7.11 Å². The lowest BCUT2D eigenvalue weighted by Gasteiger charge is -2.20. The number of carbonyl (C=O) groups excluding carboxylic acids is 2. The molecule has 0 aromatic rings. The molecule has 0 aromatic heterocycles. The molecule has 0 aliphatic carbocycles. The summed E-state index contributed by atoms with van der Waals surface area (Å²) < 4.78 is 4.50. The third-order valence-electron chi connectivity index (χ3n) is 1.37. The molecule has 5 nitrogen and oxygen atoms in total. The van der Waals surface area contributed by atoms with E-state index in [1.807, 2.05) is 6.92 Å². The summed E-state index contributed by atoms with van der Waals surface area (Å²) in [6.45, 7) is 4.94. The molecule has 2 N–H and O–H groups in total. The van der Waals surface area contributed by atoms with Crippen molar-refractivity contribution in [2.45, 2.75) is 53.2 Å². The molecule has 0 unspecified atom stereocenters. The molecule has 2 atom stereocenters. The van der Waals surface area contributed by atoms with Crippen molar-refractivity contribution in [1.82, 2.24) is 0 Å². The Morgan fingerprint density at radius 2 is 1.94 bits per heavy atom. The van der Waals surface area contributed by atoms with Crippen LogP contribution in [0.5, 0.6) is 0 Å². The van der Waals surface area contributed by atoms with E-state index in [0.717, 1.165) is 7.11 Å². The van der Waals surface area contributed by atoms with Gasteiger partial charge in [0.15, 0.2) is 0 Å². The van der Waals surface area contributed by atoms with Crippen LogP contribution in [0.15, 0.2) is 0 Å². The highest BCUT2D eigenvalue weighted by atomic mass is 16.6. The molecule has 16 heavy (non-hydrogen) atoms. The smallest absolute Gasteiger partial charge is 0.309 e. The van der Waals surface area contributed by atoms with Crippen LogP contribution in [-0.4, -0.2) is 41.3 Å². The van der Waals surface area contributed by atoms with Crippen molar-refractivity contribution < 1.29 is 24.5 Å². The average Bonchev–Trinajstić information content (AvgIpc) is 2.04. The maximum Gasteiger partial charge on any atom is 0.309 e. The Labute approximate surface area is 97.4 Å². The summed E-state index contributed by atoms with van der Waals surface area (Å²) in [4.78, 5) is 20.0. The highest BCUT2D eigenvalue weighted by Gasteiger charge is 2.22.